The van der Waals surface area contributed by atoms with Gasteiger partial charge in [-0.1, -0.05) is 121 Å². The third-order valence-corrected chi connectivity index (χ3v) is 11.5. The molecular formula is C42H65N6O9P. The number of ether oxygens (including phenoxy) is 3. The van der Waals surface area contributed by atoms with Crippen LogP contribution in [0, 0.1) is 11.3 Å². The molecule has 0 radical (unpaired) electrons. The summed E-state index contributed by atoms with van der Waals surface area (Å²) in [6, 6.07) is 12.4. The predicted octanol–water partition coefficient (Wildman–Crippen LogP) is 7.20. The van der Waals surface area contributed by atoms with Gasteiger partial charge in [0.2, 0.25) is 0 Å². The summed E-state index contributed by atoms with van der Waals surface area (Å²) in [5, 5.41) is 36.0. The first-order chi connectivity index (χ1) is 28.2. The van der Waals surface area contributed by atoms with E-state index in [9.17, 15) is 24.9 Å². The van der Waals surface area contributed by atoms with E-state index in [0.29, 0.717) is 28.9 Å². The molecule has 1 aliphatic rings. The normalized spacial score (nSPS) is 21.1. The molecule has 0 aliphatic carbocycles. The largest absolute Gasteiger partial charge is 0.472 e. The van der Waals surface area contributed by atoms with E-state index in [4.69, 9.17) is 29.0 Å². The van der Waals surface area contributed by atoms with Crippen molar-refractivity contribution < 1.29 is 42.9 Å². The molecule has 1 aromatic carbocycles. The molecule has 6 atom stereocenters. The number of rotatable bonds is 30. The zero-order chi connectivity index (χ0) is 41.6. The first-order valence-electron chi connectivity index (χ1n) is 21.0. The van der Waals surface area contributed by atoms with Gasteiger partial charge >= 0.3 is 7.82 Å². The Kier molecular flexibility index (Phi) is 20.7. The number of nitriles is 1. The monoisotopic (exact) mass is 828 g/mol. The average molecular weight is 829 g/mol. The number of nitrogens with zero attached hydrogens (tertiary/aromatic N) is 5. The second-order valence-corrected chi connectivity index (χ2v) is 16.5. The third kappa shape index (κ3) is 14.5. The van der Waals surface area contributed by atoms with E-state index < -0.39 is 44.4 Å². The zero-order valence-corrected chi connectivity index (χ0v) is 35.2. The molecule has 0 bridgehead atoms. The van der Waals surface area contributed by atoms with E-state index in [2.05, 4.69) is 28.1 Å². The van der Waals surface area contributed by atoms with Crippen LogP contribution in [0.1, 0.15) is 126 Å². The molecule has 15 nitrogen and oxygen atoms in total. The first-order valence-corrected chi connectivity index (χ1v) is 22.5. The highest BCUT2D eigenvalue weighted by molar-refractivity contribution is 7.47. The van der Waals surface area contributed by atoms with Crippen molar-refractivity contribution in [2.24, 2.45) is 4.99 Å². The number of benzene rings is 1. The van der Waals surface area contributed by atoms with Gasteiger partial charge in [-0.3, -0.25) is 14.0 Å². The van der Waals surface area contributed by atoms with Crippen molar-refractivity contribution in [1.29, 1.82) is 5.26 Å². The van der Waals surface area contributed by atoms with E-state index in [1.165, 1.54) is 108 Å². The molecule has 0 saturated carbocycles. The molecular weight excluding hydrogens is 763 g/mol. The van der Waals surface area contributed by atoms with Crippen molar-refractivity contribution in [2.45, 2.75) is 146 Å². The van der Waals surface area contributed by atoms with Gasteiger partial charge < -0.3 is 35.1 Å². The Morgan fingerprint density at radius 1 is 0.966 bits per heavy atom. The van der Waals surface area contributed by atoms with Gasteiger partial charge in [-0.25, -0.2) is 14.1 Å². The average Bonchev–Trinajstić information content (AvgIpc) is 3.77. The maximum absolute atomic E-state index is 13.1. The van der Waals surface area contributed by atoms with Gasteiger partial charge in [-0.15, -0.1) is 0 Å². The Morgan fingerprint density at radius 3 is 2.24 bits per heavy atom. The molecule has 58 heavy (non-hydrogen) atoms. The van der Waals surface area contributed by atoms with Crippen LogP contribution in [-0.4, -0.2) is 93.8 Å². The van der Waals surface area contributed by atoms with Crippen LogP contribution in [0.2, 0.25) is 0 Å². The fraction of sp³-hybridized carbons (Fsp3) is 0.667. The quantitative estimate of drug-likeness (QED) is 0.0298. The Morgan fingerprint density at radius 2 is 1.60 bits per heavy atom. The van der Waals surface area contributed by atoms with Crippen LogP contribution in [0.5, 0.6) is 0 Å². The maximum Gasteiger partial charge on any atom is 0.472 e. The van der Waals surface area contributed by atoms with E-state index in [1.807, 2.05) is 0 Å². The molecule has 5 N–H and O–H groups in total. The number of aliphatic hydroxyl groups is 2. The number of aliphatic imine (C=N–C) groups is 1. The van der Waals surface area contributed by atoms with Crippen molar-refractivity contribution in [1.82, 2.24) is 14.6 Å². The van der Waals surface area contributed by atoms with Crippen LogP contribution in [-0.2, 0) is 40.0 Å². The highest BCUT2D eigenvalue weighted by atomic mass is 31.2. The summed E-state index contributed by atoms with van der Waals surface area (Å²) in [6.45, 7) is 1.93. The van der Waals surface area contributed by atoms with Crippen molar-refractivity contribution in [3.8, 4) is 6.07 Å². The SMILES string of the molecule is CCCCCCCCCCCCCCCCCCOC[C@H](COP(=O)(O)OC[C@H]1O[C@@](C=NC)(c2ccc3c(N)ncnn23)[C@H](O)[C@@H]1O)OCc1ccccc1C#N. The summed E-state index contributed by atoms with van der Waals surface area (Å²) in [6.07, 6.45) is 17.9. The van der Waals surface area contributed by atoms with Gasteiger partial charge in [0, 0.05) is 19.9 Å². The van der Waals surface area contributed by atoms with E-state index >= 15 is 0 Å². The van der Waals surface area contributed by atoms with Gasteiger partial charge in [-0.05, 0) is 30.2 Å². The molecule has 16 heteroatoms. The van der Waals surface area contributed by atoms with Crippen LogP contribution in [0.4, 0.5) is 5.82 Å². The second-order valence-electron chi connectivity index (χ2n) is 15.1. The molecule has 1 unspecified atom stereocenters. The van der Waals surface area contributed by atoms with Crippen LogP contribution < -0.4 is 5.73 Å². The summed E-state index contributed by atoms with van der Waals surface area (Å²) in [5.74, 6) is 0.193. The number of nitrogens with two attached hydrogens (primary N) is 1. The number of nitrogen functional groups attached to an aromatic ring is 1. The molecule has 4 rings (SSSR count). The number of aliphatic hydroxyl groups excluding tert-OH is 2. The molecule has 2 aromatic heterocycles. The highest BCUT2D eigenvalue weighted by Gasteiger charge is 2.56. The maximum atomic E-state index is 13.1. The molecule has 3 aromatic rings. The fourth-order valence-corrected chi connectivity index (χ4v) is 8.03. The molecule has 0 amide bonds. The van der Waals surface area contributed by atoms with E-state index in [-0.39, 0.29) is 25.6 Å². The fourth-order valence-electron chi connectivity index (χ4n) is 7.26. The highest BCUT2D eigenvalue weighted by Crippen LogP contribution is 2.46. The summed E-state index contributed by atoms with van der Waals surface area (Å²) >= 11 is 0. The number of fused-ring (bicyclic) bond motifs is 1. The summed E-state index contributed by atoms with van der Waals surface area (Å²) in [4.78, 5) is 18.7. The molecule has 0 spiro atoms. The number of unbranched alkanes of at least 4 members (excludes halogenated alkanes) is 15. The Bertz CT molecular complexity index is 1760. The van der Waals surface area contributed by atoms with Crippen molar-refractivity contribution in [3.63, 3.8) is 0 Å². The lowest BCUT2D eigenvalue weighted by Gasteiger charge is -2.27. The van der Waals surface area contributed by atoms with Gasteiger partial charge in [0.1, 0.15) is 36.3 Å². The number of hydrogen-bond donors (Lipinski definition) is 4. The van der Waals surface area contributed by atoms with Gasteiger partial charge in [0.15, 0.2) is 11.4 Å². The summed E-state index contributed by atoms with van der Waals surface area (Å²) in [5.41, 5.74) is 6.16. The lowest BCUT2D eigenvalue weighted by Crippen LogP contribution is -2.43. The van der Waals surface area contributed by atoms with Gasteiger partial charge in [0.05, 0.1) is 43.8 Å². The molecule has 322 valence electrons. The minimum absolute atomic E-state index is 0.0583. The standard InChI is InChI=1S/C42H65N6O9P/c1-3-4-5-6-7-8-9-10-11-12-13-14-15-16-17-20-25-53-28-35(54-27-34-22-19-18-21-33(34)26-43)29-55-58(51,52)56-30-37-39(49)40(50)42(57-37,31-45-2)38-24-23-36-41(44)46-32-47-48(36)38/h18-19,21-24,31-32,35,37,39-40,49-50H,3-17,20,25,27-30H2,1-2H3,(H,51,52)(H2,44,46,47)/t35-,37-,39-,40-,42+/m1/s1. The van der Waals surface area contributed by atoms with Crippen LogP contribution in [0.15, 0.2) is 47.7 Å². The van der Waals surface area contributed by atoms with Crippen LogP contribution in [0.3, 0.4) is 0 Å². The van der Waals surface area contributed by atoms with Crippen LogP contribution >= 0.6 is 7.82 Å². The minimum atomic E-state index is -4.73. The number of anilines is 1. The topological polar surface area (TPSA) is 216 Å². The smallest absolute Gasteiger partial charge is 0.387 e. The number of phosphoric ester groups is 1. The Balaban J connectivity index is 1.20. The Labute approximate surface area is 343 Å². The van der Waals surface area contributed by atoms with Crippen molar-refractivity contribution in [2.75, 3.05) is 39.2 Å². The first kappa shape index (κ1) is 47.4. The van der Waals surface area contributed by atoms with Gasteiger partial charge in [-0.2, -0.15) is 10.4 Å². The lowest BCUT2D eigenvalue weighted by atomic mass is 9.92. The minimum Gasteiger partial charge on any atom is -0.387 e. The van der Waals surface area contributed by atoms with E-state index in [0.717, 1.165) is 19.3 Å². The molecule has 1 fully saturated rings. The molecule has 1 aliphatic heterocycles. The summed E-state index contributed by atoms with van der Waals surface area (Å²) in [7, 11) is -3.26. The predicted molar refractivity (Wildman–Crippen MR) is 222 cm³/mol. The molecule has 3 heterocycles. The number of hydrogen-bond acceptors (Lipinski definition) is 13. The van der Waals surface area contributed by atoms with Crippen molar-refractivity contribution in [3.05, 3.63) is 59.5 Å². The third-order valence-electron chi connectivity index (χ3n) is 10.6. The summed E-state index contributed by atoms with van der Waals surface area (Å²) < 4.78 is 43.2. The second kappa shape index (κ2) is 25.4. The number of phosphoric acid groups is 1. The Hall–Kier alpha value is -3.29. The van der Waals surface area contributed by atoms with Crippen molar-refractivity contribution >= 4 is 25.4 Å². The van der Waals surface area contributed by atoms with Gasteiger partial charge in [0.25, 0.3) is 0 Å². The molecule has 1 saturated heterocycles. The zero-order valence-electron chi connectivity index (χ0n) is 34.3. The van der Waals surface area contributed by atoms with E-state index in [1.54, 1.807) is 36.4 Å². The number of aromatic nitrogens is 3. The van der Waals surface area contributed by atoms with Crippen LogP contribution in [0.25, 0.3) is 5.52 Å². The lowest BCUT2D eigenvalue weighted by molar-refractivity contribution is -0.0626.